The Morgan fingerprint density at radius 2 is 1.62 bits per heavy atom. The summed E-state index contributed by atoms with van der Waals surface area (Å²) in [7, 11) is 1.33. The molecule has 1 unspecified atom stereocenters. The molecule has 0 amide bonds. The molecule has 0 heterocycles. The van der Waals surface area contributed by atoms with E-state index in [4.69, 9.17) is 4.74 Å². The molecule has 2 rings (SSSR count). The molecule has 3 heteroatoms. The molecule has 0 aromatic heterocycles. The van der Waals surface area contributed by atoms with Gasteiger partial charge in [0, 0.05) is 5.56 Å². The summed E-state index contributed by atoms with van der Waals surface area (Å²) in [4.78, 5) is 24.3. The van der Waals surface area contributed by atoms with Crippen molar-refractivity contribution < 1.29 is 14.3 Å². The second-order valence-corrected chi connectivity index (χ2v) is 4.97. The summed E-state index contributed by atoms with van der Waals surface area (Å²) >= 11 is 0. The first-order valence-electron chi connectivity index (χ1n) is 6.84. The number of aryl methyl sites for hydroxylation is 1. The van der Waals surface area contributed by atoms with Crippen LogP contribution in [0.15, 0.2) is 54.6 Å². The second-order valence-electron chi connectivity index (χ2n) is 4.97. The molecule has 0 bridgehead atoms. The number of rotatable bonds is 5. The van der Waals surface area contributed by atoms with Crippen LogP contribution in [-0.2, 0) is 9.53 Å². The number of ether oxygens (including phenoxy) is 1. The van der Waals surface area contributed by atoms with Crippen molar-refractivity contribution in [2.24, 2.45) is 0 Å². The normalized spacial score (nSPS) is 11.7. The minimum atomic E-state index is -0.513. The Balaban J connectivity index is 2.32. The minimum Gasteiger partial charge on any atom is -0.469 e. The van der Waals surface area contributed by atoms with Gasteiger partial charge in [0.05, 0.1) is 19.4 Å². The van der Waals surface area contributed by atoms with E-state index >= 15 is 0 Å². The smallest absolute Gasteiger partial charge is 0.306 e. The lowest BCUT2D eigenvalue weighted by molar-refractivity contribution is -0.140. The van der Waals surface area contributed by atoms with Crippen molar-refractivity contribution in [2.75, 3.05) is 7.11 Å². The van der Waals surface area contributed by atoms with Gasteiger partial charge in [-0.3, -0.25) is 9.59 Å². The molecule has 2 aromatic carbocycles. The van der Waals surface area contributed by atoms with Gasteiger partial charge in [-0.1, -0.05) is 60.2 Å². The molecule has 0 saturated carbocycles. The maximum Gasteiger partial charge on any atom is 0.306 e. The topological polar surface area (TPSA) is 43.4 Å². The van der Waals surface area contributed by atoms with Crippen LogP contribution in [0.1, 0.15) is 33.8 Å². The van der Waals surface area contributed by atoms with Gasteiger partial charge in [-0.05, 0) is 12.5 Å². The van der Waals surface area contributed by atoms with Gasteiger partial charge in [0.15, 0.2) is 5.78 Å². The Morgan fingerprint density at radius 1 is 1.00 bits per heavy atom. The maximum absolute atomic E-state index is 12.7. The fraction of sp³-hybridized carbons (Fsp3) is 0.222. The zero-order valence-electron chi connectivity index (χ0n) is 12.2. The van der Waals surface area contributed by atoms with E-state index in [1.807, 2.05) is 49.4 Å². The Hall–Kier alpha value is -2.42. The maximum atomic E-state index is 12.7. The van der Waals surface area contributed by atoms with Crippen LogP contribution >= 0.6 is 0 Å². The molecule has 0 aliphatic carbocycles. The zero-order chi connectivity index (χ0) is 15.2. The fourth-order valence-electron chi connectivity index (χ4n) is 2.22. The van der Waals surface area contributed by atoms with Gasteiger partial charge >= 0.3 is 5.97 Å². The fourth-order valence-corrected chi connectivity index (χ4v) is 2.22. The first-order valence-corrected chi connectivity index (χ1v) is 6.84. The van der Waals surface area contributed by atoms with Crippen LogP contribution in [0.2, 0.25) is 0 Å². The predicted molar refractivity (Wildman–Crippen MR) is 81.3 cm³/mol. The summed E-state index contributed by atoms with van der Waals surface area (Å²) in [6.07, 6.45) is 0.0488. The standard InChI is InChI=1S/C18H18O3/c1-13-8-10-15(11-9-13)18(20)16(12-17(19)21-2)14-6-4-3-5-7-14/h3-11,16H,12H2,1-2H3. The number of hydrogen-bond donors (Lipinski definition) is 0. The van der Waals surface area contributed by atoms with Gasteiger partial charge < -0.3 is 4.74 Å². The van der Waals surface area contributed by atoms with Crippen LogP contribution in [0.5, 0.6) is 0 Å². The molecule has 0 spiro atoms. The number of carbonyl (C=O) groups excluding carboxylic acids is 2. The summed E-state index contributed by atoms with van der Waals surface area (Å²) in [6, 6.07) is 16.7. The summed E-state index contributed by atoms with van der Waals surface area (Å²) < 4.78 is 4.72. The van der Waals surface area contributed by atoms with Gasteiger partial charge in [0.1, 0.15) is 0 Å². The van der Waals surface area contributed by atoms with Crippen LogP contribution < -0.4 is 0 Å². The van der Waals surface area contributed by atoms with Crippen molar-refractivity contribution in [3.05, 3.63) is 71.3 Å². The van der Waals surface area contributed by atoms with Gasteiger partial charge in [-0.15, -0.1) is 0 Å². The molecule has 108 valence electrons. The van der Waals surface area contributed by atoms with E-state index in [1.54, 1.807) is 12.1 Å². The lowest BCUT2D eigenvalue weighted by Crippen LogP contribution is -2.18. The Kier molecular flexibility index (Phi) is 4.88. The van der Waals surface area contributed by atoms with E-state index in [0.29, 0.717) is 5.56 Å². The van der Waals surface area contributed by atoms with Gasteiger partial charge in [-0.25, -0.2) is 0 Å². The minimum absolute atomic E-state index is 0.0488. The number of methoxy groups -OCH3 is 1. The average molecular weight is 282 g/mol. The molecule has 0 fully saturated rings. The Bertz CT molecular complexity index is 615. The number of benzene rings is 2. The van der Waals surface area contributed by atoms with Crippen molar-refractivity contribution in [2.45, 2.75) is 19.3 Å². The van der Waals surface area contributed by atoms with Crippen LogP contribution in [0.3, 0.4) is 0 Å². The van der Waals surface area contributed by atoms with Crippen LogP contribution in [0, 0.1) is 6.92 Å². The van der Waals surface area contributed by atoms with Gasteiger partial charge in [0.2, 0.25) is 0 Å². The lowest BCUT2D eigenvalue weighted by atomic mass is 9.88. The zero-order valence-corrected chi connectivity index (χ0v) is 12.2. The molecule has 0 aliphatic heterocycles. The number of ketones is 1. The summed E-state index contributed by atoms with van der Waals surface area (Å²) in [5.74, 6) is -0.961. The Labute approximate surface area is 124 Å². The molecule has 3 nitrogen and oxygen atoms in total. The van der Waals surface area contributed by atoms with E-state index in [2.05, 4.69) is 0 Å². The van der Waals surface area contributed by atoms with E-state index in [-0.39, 0.29) is 18.2 Å². The average Bonchev–Trinajstić information content (AvgIpc) is 2.53. The van der Waals surface area contributed by atoms with E-state index < -0.39 is 5.92 Å². The van der Waals surface area contributed by atoms with Gasteiger partial charge in [-0.2, -0.15) is 0 Å². The molecule has 0 N–H and O–H groups in total. The van der Waals surface area contributed by atoms with Crippen molar-refractivity contribution in [3.8, 4) is 0 Å². The molecule has 2 aromatic rings. The van der Waals surface area contributed by atoms with Crippen molar-refractivity contribution in [1.82, 2.24) is 0 Å². The summed E-state index contributed by atoms with van der Waals surface area (Å²) in [6.45, 7) is 1.97. The molecule has 0 aliphatic rings. The number of hydrogen-bond acceptors (Lipinski definition) is 3. The summed E-state index contributed by atoms with van der Waals surface area (Å²) in [5.41, 5.74) is 2.53. The highest BCUT2D eigenvalue weighted by molar-refractivity contribution is 6.02. The Morgan fingerprint density at radius 3 is 2.19 bits per heavy atom. The third kappa shape index (κ3) is 3.78. The van der Waals surface area contributed by atoms with Crippen molar-refractivity contribution >= 4 is 11.8 Å². The van der Waals surface area contributed by atoms with E-state index in [9.17, 15) is 9.59 Å². The highest BCUT2D eigenvalue weighted by atomic mass is 16.5. The van der Waals surface area contributed by atoms with Crippen LogP contribution in [-0.4, -0.2) is 18.9 Å². The SMILES string of the molecule is COC(=O)CC(C(=O)c1ccc(C)cc1)c1ccccc1. The van der Waals surface area contributed by atoms with Crippen LogP contribution in [0.25, 0.3) is 0 Å². The quantitative estimate of drug-likeness (QED) is 0.622. The largest absolute Gasteiger partial charge is 0.469 e. The summed E-state index contributed by atoms with van der Waals surface area (Å²) in [5, 5.41) is 0. The monoisotopic (exact) mass is 282 g/mol. The van der Waals surface area contributed by atoms with Gasteiger partial charge in [0.25, 0.3) is 0 Å². The molecular weight excluding hydrogens is 264 g/mol. The third-order valence-corrected chi connectivity index (χ3v) is 3.45. The number of esters is 1. The highest BCUT2D eigenvalue weighted by Gasteiger charge is 2.25. The first kappa shape index (κ1) is 15.0. The van der Waals surface area contributed by atoms with E-state index in [1.165, 1.54) is 7.11 Å². The highest BCUT2D eigenvalue weighted by Crippen LogP contribution is 2.25. The predicted octanol–water partition coefficient (Wildman–Crippen LogP) is 3.52. The first-order chi connectivity index (χ1) is 10.1. The van der Waals surface area contributed by atoms with Crippen LogP contribution in [0.4, 0.5) is 0 Å². The van der Waals surface area contributed by atoms with Crippen molar-refractivity contribution in [1.29, 1.82) is 0 Å². The van der Waals surface area contributed by atoms with Crippen molar-refractivity contribution in [3.63, 3.8) is 0 Å². The molecular formula is C18H18O3. The lowest BCUT2D eigenvalue weighted by Gasteiger charge is -2.15. The number of Topliss-reactive ketones (excluding diaryl/α,β-unsaturated/α-hetero) is 1. The van der Waals surface area contributed by atoms with E-state index in [0.717, 1.165) is 11.1 Å². The number of carbonyl (C=O) groups is 2. The second kappa shape index (κ2) is 6.84. The third-order valence-electron chi connectivity index (χ3n) is 3.45. The molecule has 0 saturated heterocycles. The molecule has 21 heavy (non-hydrogen) atoms. The molecule has 1 atom stereocenters. The molecule has 0 radical (unpaired) electrons.